The lowest BCUT2D eigenvalue weighted by atomic mass is 10.1. The molecule has 1 heterocycles. The molecule has 0 aliphatic carbocycles. The molecule has 0 amide bonds. The van der Waals surface area contributed by atoms with Gasteiger partial charge in [-0.15, -0.1) is 0 Å². The first-order valence-electron chi connectivity index (χ1n) is 6.17. The average Bonchev–Trinajstić information content (AvgIpc) is 2.78. The highest BCUT2D eigenvalue weighted by Gasteiger charge is 2.09. The van der Waals surface area contributed by atoms with Gasteiger partial charge in [0.2, 0.25) is 0 Å². The van der Waals surface area contributed by atoms with Crippen LogP contribution < -0.4 is 0 Å². The van der Waals surface area contributed by atoms with Gasteiger partial charge in [0.15, 0.2) is 0 Å². The van der Waals surface area contributed by atoms with Crippen molar-refractivity contribution in [3.63, 3.8) is 0 Å². The molecule has 2 aromatic carbocycles. The molecule has 0 radical (unpaired) electrons. The van der Waals surface area contributed by atoms with E-state index < -0.39 is 0 Å². The van der Waals surface area contributed by atoms with Crippen molar-refractivity contribution in [2.45, 2.75) is 6.42 Å². The number of aromatic nitrogens is 2. The summed E-state index contributed by atoms with van der Waals surface area (Å²) in [6, 6.07) is 18.3. The van der Waals surface area contributed by atoms with Crippen LogP contribution in [-0.4, -0.2) is 9.55 Å². The van der Waals surface area contributed by atoms with E-state index in [9.17, 15) is 0 Å². The molecule has 3 heteroatoms. The summed E-state index contributed by atoms with van der Waals surface area (Å²) in [5.41, 5.74) is 4.15. The Balaban J connectivity index is 2.19. The zero-order chi connectivity index (χ0) is 13.2. The lowest BCUT2D eigenvalue weighted by Gasteiger charge is -2.02. The van der Waals surface area contributed by atoms with Crippen LogP contribution in [0.1, 0.15) is 5.56 Å². The summed E-state index contributed by atoms with van der Waals surface area (Å²) in [4.78, 5) is 4.66. The summed E-state index contributed by atoms with van der Waals surface area (Å²) in [6.45, 7) is 0. The first kappa shape index (κ1) is 11.5. The quantitative estimate of drug-likeness (QED) is 0.697. The van der Waals surface area contributed by atoms with Gasteiger partial charge in [0.1, 0.15) is 5.82 Å². The van der Waals surface area contributed by atoms with E-state index in [0.717, 1.165) is 28.0 Å². The fourth-order valence-corrected chi connectivity index (χ4v) is 2.28. The van der Waals surface area contributed by atoms with Crippen LogP contribution in [-0.2, 0) is 13.5 Å². The molecule has 3 nitrogen and oxygen atoms in total. The molecular formula is C16H13N3. The number of hydrogen-bond acceptors (Lipinski definition) is 2. The van der Waals surface area contributed by atoms with E-state index in [1.165, 1.54) is 0 Å². The molecule has 1 aromatic heterocycles. The van der Waals surface area contributed by atoms with Crippen molar-refractivity contribution in [2.75, 3.05) is 0 Å². The number of aryl methyl sites for hydroxylation is 1. The molecular weight excluding hydrogens is 234 g/mol. The summed E-state index contributed by atoms with van der Waals surface area (Å²) in [6.07, 6.45) is 0.432. The summed E-state index contributed by atoms with van der Waals surface area (Å²) in [5, 5.41) is 8.77. The highest BCUT2D eigenvalue weighted by atomic mass is 15.1. The van der Waals surface area contributed by atoms with Gasteiger partial charge in [-0.3, -0.25) is 0 Å². The molecule has 0 bridgehead atoms. The second-order valence-electron chi connectivity index (χ2n) is 4.52. The molecule has 19 heavy (non-hydrogen) atoms. The van der Waals surface area contributed by atoms with Gasteiger partial charge in [-0.05, 0) is 17.7 Å². The van der Waals surface area contributed by atoms with Crippen LogP contribution in [0, 0.1) is 11.3 Å². The van der Waals surface area contributed by atoms with Gasteiger partial charge in [0, 0.05) is 12.6 Å². The standard InChI is InChI=1S/C16H13N3/c1-19-15-11-12(9-10-17)7-8-14(15)18-16(19)13-5-3-2-4-6-13/h2-8,11H,9H2,1H3. The van der Waals surface area contributed by atoms with Crippen LogP contribution >= 0.6 is 0 Å². The molecule has 0 N–H and O–H groups in total. The van der Waals surface area contributed by atoms with Crippen molar-refractivity contribution in [3.8, 4) is 17.5 Å². The topological polar surface area (TPSA) is 41.6 Å². The monoisotopic (exact) mass is 247 g/mol. The zero-order valence-corrected chi connectivity index (χ0v) is 10.7. The van der Waals surface area contributed by atoms with Gasteiger partial charge in [-0.1, -0.05) is 36.4 Å². The van der Waals surface area contributed by atoms with Gasteiger partial charge in [0.05, 0.1) is 23.5 Å². The van der Waals surface area contributed by atoms with Gasteiger partial charge in [0.25, 0.3) is 0 Å². The number of benzene rings is 2. The lowest BCUT2D eigenvalue weighted by molar-refractivity contribution is 0.958. The molecule has 0 saturated heterocycles. The highest BCUT2D eigenvalue weighted by Crippen LogP contribution is 2.24. The third-order valence-electron chi connectivity index (χ3n) is 3.26. The van der Waals surface area contributed by atoms with Gasteiger partial charge in [-0.25, -0.2) is 4.98 Å². The van der Waals surface area contributed by atoms with Gasteiger partial charge in [-0.2, -0.15) is 5.26 Å². The van der Waals surface area contributed by atoms with E-state index in [1.807, 2.05) is 43.4 Å². The maximum atomic E-state index is 8.77. The maximum absolute atomic E-state index is 8.77. The van der Waals surface area contributed by atoms with Crippen molar-refractivity contribution in [3.05, 3.63) is 54.1 Å². The molecule has 0 fully saturated rings. The van der Waals surface area contributed by atoms with Crippen molar-refractivity contribution >= 4 is 11.0 Å². The van der Waals surface area contributed by atoms with Crippen molar-refractivity contribution < 1.29 is 0 Å². The van der Waals surface area contributed by atoms with E-state index in [-0.39, 0.29) is 0 Å². The molecule has 92 valence electrons. The first-order chi connectivity index (χ1) is 9.29. The number of nitriles is 1. The van der Waals surface area contributed by atoms with Crippen LogP contribution in [0.5, 0.6) is 0 Å². The van der Waals surface area contributed by atoms with Crippen molar-refractivity contribution in [2.24, 2.45) is 7.05 Å². The second-order valence-corrected chi connectivity index (χ2v) is 4.52. The molecule has 0 atom stereocenters. The smallest absolute Gasteiger partial charge is 0.140 e. The Labute approximate surface area is 111 Å². The van der Waals surface area contributed by atoms with Crippen molar-refractivity contribution in [1.82, 2.24) is 9.55 Å². The Morgan fingerprint density at radius 3 is 2.68 bits per heavy atom. The fraction of sp³-hybridized carbons (Fsp3) is 0.125. The number of hydrogen-bond donors (Lipinski definition) is 0. The number of imidazole rings is 1. The predicted molar refractivity (Wildman–Crippen MR) is 75.5 cm³/mol. The van der Waals surface area contributed by atoms with Crippen LogP contribution in [0.2, 0.25) is 0 Å². The van der Waals surface area contributed by atoms with E-state index >= 15 is 0 Å². The minimum Gasteiger partial charge on any atom is -0.327 e. The number of fused-ring (bicyclic) bond motifs is 1. The third kappa shape index (κ3) is 1.98. The normalized spacial score (nSPS) is 10.5. The molecule has 3 rings (SSSR count). The summed E-state index contributed by atoms with van der Waals surface area (Å²) in [7, 11) is 2.01. The summed E-state index contributed by atoms with van der Waals surface area (Å²) in [5.74, 6) is 0.949. The van der Waals surface area contributed by atoms with E-state index in [0.29, 0.717) is 6.42 Å². The first-order valence-corrected chi connectivity index (χ1v) is 6.17. The molecule has 0 saturated carbocycles. The summed E-state index contributed by atoms with van der Waals surface area (Å²) >= 11 is 0. The zero-order valence-electron chi connectivity index (χ0n) is 10.7. The maximum Gasteiger partial charge on any atom is 0.140 e. The number of rotatable bonds is 2. The fourth-order valence-electron chi connectivity index (χ4n) is 2.28. The second kappa shape index (κ2) is 4.58. The van der Waals surface area contributed by atoms with E-state index in [1.54, 1.807) is 0 Å². The van der Waals surface area contributed by atoms with Gasteiger partial charge >= 0.3 is 0 Å². The SMILES string of the molecule is Cn1c(-c2ccccc2)nc2ccc(CC#N)cc21. The minimum absolute atomic E-state index is 0.432. The van der Waals surface area contributed by atoms with Crippen molar-refractivity contribution in [1.29, 1.82) is 5.26 Å². The lowest BCUT2D eigenvalue weighted by Crippen LogP contribution is -1.92. The molecule has 3 aromatic rings. The molecule has 0 spiro atoms. The molecule has 0 unspecified atom stereocenters. The molecule has 0 aliphatic heterocycles. The Morgan fingerprint density at radius 1 is 1.16 bits per heavy atom. The Bertz CT molecular complexity index is 764. The van der Waals surface area contributed by atoms with Gasteiger partial charge < -0.3 is 4.57 Å². The Kier molecular flexibility index (Phi) is 2.77. The Morgan fingerprint density at radius 2 is 1.95 bits per heavy atom. The van der Waals surface area contributed by atoms with E-state index in [4.69, 9.17) is 5.26 Å². The largest absolute Gasteiger partial charge is 0.327 e. The summed E-state index contributed by atoms with van der Waals surface area (Å²) < 4.78 is 2.07. The number of nitrogens with zero attached hydrogens (tertiary/aromatic N) is 3. The Hall–Kier alpha value is -2.60. The van der Waals surface area contributed by atoms with E-state index in [2.05, 4.69) is 27.8 Å². The minimum atomic E-state index is 0.432. The van der Waals surface area contributed by atoms with Crippen LogP contribution in [0.25, 0.3) is 22.4 Å². The predicted octanol–water partition coefficient (Wildman–Crippen LogP) is 3.31. The van der Waals surface area contributed by atoms with Crippen LogP contribution in [0.15, 0.2) is 48.5 Å². The average molecular weight is 247 g/mol. The highest BCUT2D eigenvalue weighted by molar-refractivity contribution is 5.81. The molecule has 0 aliphatic rings. The van der Waals surface area contributed by atoms with Crippen LogP contribution in [0.3, 0.4) is 0 Å². The third-order valence-corrected chi connectivity index (χ3v) is 3.26. The van der Waals surface area contributed by atoms with Crippen LogP contribution in [0.4, 0.5) is 0 Å².